The predicted octanol–water partition coefficient (Wildman–Crippen LogP) is 1.95. The number of aromatic nitrogens is 2. The summed E-state index contributed by atoms with van der Waals surface area (Å²) < 4.78 is 20.2. The third-order valence-corrected chi connectivity index (χ3v) is 3.19. The molecule has 0 saturated carbocycles. The van der Waals surface area contributed by atoms with Crippen molar-refractivity contribution in [3.8, 4) is 0 Å². The number of pyridine rings is 1. The Kier molecular flexibility index (Phi) is 2.48. The van der Waals surface area contributed by atoms with E-state index in [4.69, 9.17) is 10.5 Å². The van der Waals surface area contributed by atoms with Gasteiger partial charge in [-0.05, 0) is 25.0 Å². The molecular formula is C12H14FN3O. The third-order valence-electron chi connectivity index (χ3n) is 3.19. The van der Waals surface area contributed by atoms with Gasteiger partial charge in [-0.2, -0.15) is 0 Å². The Bertz CT molecular complexity index is 546. The second kappa shape index (κ2) is 4.00. The number of rotatable bonds is 1. The van der Waals surface area contributed by atoms with Crippen molar-refractivity contribution in [1.82, 2.24) is 9.38 Å². The number of nitrogen functional groups attached to an aromatic ring is 1. The Morgan fingerprint density at radius 1 is 1.47 bits per heavy atom. The highest BCUT2D eigenvalue weighted by Gasteiger charge is 2.22. The molecule has 1 unspecified atom stereocenters. The smallest absolute Gasteiger partial charge is 0.140 e. The number of nitrogens with two attached hydrogens (primary N) is 1. The molecule has 1 fully saturated rings. The summed E-state index contributed by atoms with van der Waals surface area (Å²) in [6.45, 7) is 1.45. The van der Waals surface area contributed by atoms with Gasteiger partial charge in [0.05, 0.1) is 12.3 Å². The largest absolute Gasteiger partial charge is 0.383 e. The first-order chi connectivity index (χ1) is 8.25. The summed E-state index contributed by atoms with van der Waals surface area (Å²) in [6, 6.07) is 3.03. The van der Waals surface area contributed by atoms with Gasteiger partial charge in [0, 0.05) is 18.7 Å². The summed E-state index contributed by atoms with van der Waals surface area (Å²) >= 11 is 0. The first kappa shape index (κ1) is 10.5. The summed E-state index contributed by atoms with van der Waals surface area (Å²) in [7, 11) is 0. The highest BCUT2D eigenvalue weighted by atomic mass is 19.1. The van der Waals surface area contributed by atoms with Crippen LogP contribution < -0.4 is 5.73 Å². The Hall–Kier alpha value is -1.62. The lowest BCUT2D eigenvalue weighted by molar-refractivity contribution is 0.0796. The molecule has 1 aliphatic rings. The topological polar surface area (TPSA) is 52.5 Å². The molecule has 2 N–H and O–H groups in total. The van der Waals surface area contributed by atoms with Gasteiger partial charge in [0.25, 0.3) is 0 Å². The highest BCUT2D eigenvalue weighted by molar-refractivity contribution is 5.53. The van der Waals surface area contributed by atoms with Gasteiger partial charge in [0.1, 0.15) is 17.3 Å². The Balaban J connectivity index is 2.07. The zero-order valence-electron chi connectivity index (χ0n) is 9.40. The molecule has 0 aliphatic carbocycles. The zero-order valence-corrected chi connectivity index (χ0v) is 9.40. The summed E-state index contributed by atoms with van der Waals surface area (Å²) in [5, 5.41) is 0. The van der Waals surface area contributed by atoms with Gasteiger partial charge < -0.3 is 10.5 Å². The fourth-order valence-electron chi connectivity index (χ4n) is 2.31. The van der Waals surface area contributed by atoms with Gasteiger partial charge in [0.2, 0.25) is 0 Å². The van der Waals surface area contributed by atoms with Crippen LogP contribution in [0.3, 0.4) is 0 Å². The Labute approximate surface area is 98.2 Å². The maximum Gasteiger partial charge on any atom is 0.140 e. The zero-order chi connectivity index (χ0) is 11.8. The lowest BCUT2D eigenvalue weighted by Crippen LogP contribution is -2.17. The summed E-state index contributed by atoms with van der Waals surface area (Å²) in [4.78, 5) is 4.47. The van der Waals surface area contributed by atoms with Crippen LogP contribution in [0.1, 0.15) is 24.5 Å². The second-order valence-corrected chi connectivity index (χ2v) is 4.37. The van der Waals surface area contributed by atoms with E-state index < -0.39 is 0 Å². The van der Waals surface area contributed by atoms with Gasteiger partial charge in [0.15, 0.2) is 0 Å². The molecule has 5 heteroatoms. The van der Waals surface area contributed by atoms with Gasteiger partial charge in [-0.25, -0.2) is 9.37 Å². The molecule has 0 spiro atoms. The number of imidazole rings is 1. The van der Waals surface area contributed by atoms with Gasteiger partial charge in [-0.15, -0.1) is 0 Å². The molecular weight excluding hydrogens is 221 g/mol. The van der Waals surface area contributed by atoms with Crippen LogP contribution in [0.4, 0.5) is 10.2 Å². The summed E-state index contributed by atoms with van der Waals surface area (Å²) in [5.74, 6) is 0.440. The van der Waals surface area contributed by atoms with Gasteiger partial charge in [-0.3, -0.25) is 4.40 Å². The van der Waals surface area contributed by atoms with Gasteiger partial charge >= 0.3 is 0 Å². The molecule has 2 aromatic rings. The van der Waals surface area contributed by atoms with Crippen LogP contribution in [0.25, 0.3) is 5.65 Å². The van der Waals surface area contributed by atoms with Crippen LogP contribution in [0.5, 0.6) is 0 Å². The van der Waals surface area contributed by atoms with Crippen LogP contribution in [-0.2, 0) is 4.74 Å². The number of halogens is 1. The minimum absolute atomic E-state index is 0.228. The lowest BCUT2D eigenvalue weighted by Gasteiger charge is -2.20. The minimum atomic E-state index is -0.312. The van der Waals surface area contributed by atoms with E-state index in [-0.39, 0.29) is 11.7 Å². The van der Waals surface area contributed by atoms with Crippen molar-refractivity contribution in [2.45, 2.75) is 18.8 Å². The normalized spacial score (nSPS) is 20.9. The van der Waals surface area contributed by atoms with E-state index in [9.17, 15) is 4.39 Å². The SMILES string of the molecule is Nc1c(C2CCCOC2)nc2ccc(F)cn12. The molecule has 3 heterocycles. The quantitative estimate of drug-likeness (QED) is 0.822. The number of fused-ring (bicyclic) bond motifs is 1. The molecule has 2 aromatic heterocycles. The highest BCUT2D eigenvalue weighted by Crippen LogP contribution is 2.29. The van der Waals surface area contributed by atoms with Crippen molar-refractivity contribution in [3.63, 3.8) is 0 Å². The Morgan fingerprint density at radius 2 is 2.35 bits per heavy atom. The minimum Gasteiger partial charge on any atom is -0.383 e. The van der Waals surface area contributed by atoms with Crippen molar-refractivity contribution < 1.29 is 9.13 Å². The second-order valence-electron chi connectivity index (χ2n) is 4.37. The molecule has 0 radical (unpaired) electrons. The Morgan fingerprint density at radius 3 is 3.12 bits per heavy atom. The molecule has 90 valence electrons. The molecule has 17 heavy (non-hydrogen) atoms. The standard InChI is InChI=1S/C12H14FN3O/c13-9-3-4-10-15-11(12(14)16(10)6-9)8-2-1-5-17-7-8/h3-4,6,8H,1-2,5,7,14H2. The van der Waals surface area contributed by atoms with Crippen LogP contribution in [0.15, 0.2) is 18.3 Å². The van der Waals surface area contributed by atoms with E-state index >= 15 is 0 Å². The lowest BCUT2D eigenvalue weighted by atomic mass is 9.99. The van der Waals surface area contributed by atoms with Crippen molar-refractivity contribution >= 4 is 11.5 Å². The first-order valence-electron chi connectivity index (χ1n) is 5.76. The fourth-order valence-corrected chi connectivity index (χ4v) is 2.31. The third kappa shape index (κ3) is 1.76. The van der Waals surface area contributed by atoms with E-state index in [0.29, 0.717) is 18.1 Å². The number of nitrogens with zero attached hydrogens (tertiary/aromatic N) is 2. The van der Waals surface area contributed by atoms with Crippen molar-refractivity contribution in [1.29, 1.82) is 0 Å². The van der Waals surface area contributed by atoms with E-state index in [1.54, 1.807) is 10.5 Å². The van der Waals surface area contributed by atoms with Crippen LogP contribution in [-0.4, -0.2) is 22.6 Å². The molecule has 0 aromatic carbocycles. The maximum absolute atomic E-state index is 13.1. The number of hydrogen-bond acceptors (Lipinski definition) is 3. The molecule has 1 aliphatic heterocycles. The van der Waals surface area contributed by atoms with Crippen molar-refractivity contribution in [3.05, 3.63) is 29.8 Å². The maximum atomic E-state index is 13.1. The average molecular weight is 235 g/mol. The monoisotopic (exact) mass is 235 g/mol. The van der Waals surface area contributed by atoms with Gasteiger partial charge in [-0.1, -0.05) is 0 Å². The molecule has 0 bridgehead atoms. The molecule has 1 atom stereocenters. The first-order valence-corrected chi connectivity index (χ1v) is 5.76. The van der Waals surface area contributed by atoms with Crippen LogP contribution >= 0.6 is 0 Å². The van der Waals surface area contributed by atoms with Crippen molar-refractivity contribution in [2.75, 3.05) is 18.9 Å². The van der Waals surface area contributed by atoms with E-state index in [1.165, 1.54) is 12.3 Å². The molecule has 1 saturated heterocycles. The average Bonchev–Trinajstić information content (AvgIpc) is 2.68. The number of ether oxygens (including phenoxy) is 1. The van der Waals surface area contributed by atoms with Crippen molar-refractivity contribution in [2.24, 2.45) is 0 Å². The summed E-state index contributed by atoms with van der Waals surface area (Å²) in [6.07, 6.45) is 3.41. The molecule has 3 rings (SSSR count). The summed E-state index contributed by atoms with van der Waals surface area (Å²) in [5.41, 5.74) is 7.53. The van der Waals surface area contributed by atoms with E-state index in [2.05, 4.69) is 4.98 Å². The molecule has 4 nitrogen and oxygen atoms in total. The number of hydrogen-bond donors (Lipinski definition) is 1. The van der Waals surface area contributed by atoms with E-state index in [1.807, 2.05) is 0 Å². The fraction of sp³-hybridized carbons (Fsp3) is 0.417. The molecule has 0 amide bonds. The van der Waals surface area contributed by atoms with E-state index in [0.717, 1.165) is 25.1 Å². The predicted molar refractivity (Wildman–Crippen MR) is 62.4 cm³/mol. The van der Waals surface area contributed by atoms with Crippen LogP contribution in [0, 0.1) is 5.82 Å². The number of anilines is 1. The van der Waals surface area contributed by atoms with Crippen LogP contribution in [0.2, 0.25) is 0 Å².